The van der Waals surface area contributed by atoms with E-state index >= 15 is 0 Å². The molecule has 208 valence electrons. The number of rotatable bonds is 6. The van der Waals surface area contributed by atoms with Gasteiger partial charge in [-0.05, 0) is 47.5 Å². The second kappa shape index (κ2) is 12.3. The number of phenolic OH excluding ortho intramolecular Hbond substituents is 1. The van der Waals surface area contributed by atoms with Gasteiger partial charge in [0.25, 0.3) is 0 Å². The summed E-state index contributed by atoms with van der Waals surface area (Å²) in [6.45, 7) is 0.196. The minimum atomic E-state index is -3.23. The van der Waals surface area contributed by atoms with Crippen molar-refractivity contribution in [3.05, 3.63) is 125 Å². The molecular formula is C31H24O9S. The third-order valence-corrected chi connectivity index (χ3v) is 7.12. The van der Waals surface area contributed by atoms with E-state index in [1.807, 2.05) is 30.3 Å². The van der Waals surface area contributed by atoms with Crippen LogP contribution in [0.25, 0.3) is 11.1 Å². The number of hydrogen-bond acceptors (Lipinski definition) is 8. The van der Waals surface area contributed by atoms with Gasteiger partial charge < -0.3 is 19.7 Å². The minimum absolute atomic E-state index is 0.0253. The van der Waals surface area contributed by atoms with Crippen LogP contribution in [0.3, 0.4) is 0 Å². The van der Waals surface area contributed by atoms with Crippen LogP contribution < -0.4 is 4.74 Å². The van der Waals surface area contributed by atoms with Gasteiger partial charge >= 0.3 is 17.9 Å². The number of ether oxygens (including phenoxy) is 2. The largest absolute Gasteiger partial charge is 0.507 e. The van der Waals surface area contributed by atoms with Gasteiger partial charge in [-0.3, -0.25) is 0 Å². The second-order valence-corrected chi connectivity index (χ2v) is 10.8. The molecule has 5 rings (SSSR count). The predicted molar refractivity (Wildman–Crippen MR) is 150 cm³/mol. The first-order valence-corrected chi connectivity index (χ1v) is 14.0. The Kier molecular flexibility index (Phi) is 8.64. The first-order valence-electron chi connectivity index (χ1n) is 12.1. The molecule has 0 saturated heterocycles. The first-order chi connectivity index (χ1) is 19.6. The monoisotopic (exact) mass is 572 g/mol. The molecule has 10 heteroatoms. The second-order valence-electron chi connectivity index (χ2n) is 8.80. The molecular weight excluding hydrogens is 548 g/mol. The maximum absolute atomic E-state index is 12.0. The smallest absolute Gasteiger partial charge is 0.347 e. The van der Waals surface area contributed by atoms with Crippen LogP contribution in [-0.4, -0.2) is 49.4 Å². The number of aromatic carboxylic acids is 1. The third-order valence-electron chi connectivity index (χ3n) is 5.99. The lowest BCUT2D eigenvalue weighted by atomic mass is 9.97. The van der Waals surface area contributed by atoms with Crippen LogP contribution in [0.2, 0.25) is 0 Å². The van der Waals surface area contributed by atoms with Gasteiger partial charge in [-0.1, -0.05) is 66.7 Å². The topological polar surface area (TPSA) is 144 Å². The Morgan fingerprint density at radius 1 is 0.780 bits per heavy atom. The van der Waals surface area contributed by atoms with Crippen LogP contribution in [0.5, 0.6) is 11.5 Å². The number of hydrogen-bond donors (Lipinski definition) is 2. The lowest BCUT2D eigenvalue weighted by Crippen LogP contribution is -2.11. The fourth-order valence-electron chi connectivity index (χ4n) is 3.97. The maximum atomic E-state index is 12.0. The summed E-state index contributed by atoms with van der Waals surface area (Å²) in [4.78, 5) is 35.1. The molecule has 0 spiro atoms. The highest BCUT2D eigenvalue weighted by Crippen LogP contribution is 2.33. The Labute approximate surface area is 235 Å². The first kappa shape index (κ1) is 28.8. The van der Waals surface area contributed by atoms with E-state index in [1.54, 1.807) is 42.5 Å². The van der Waals surface area contributed by atoms with E-state index in [1.165, 1.54) is 36.6 Å². The number of carbonyl (C=O) groups excluding carboxylic acids is 2. The summed E-state index contributed by atoms with van der Waals surface area (Å²) in [5.41, 5.74) is 2.75. The van der Waals surface area contributed by atoms with Crippen molar-refractivity contribution in [1.82, 2.24) is 0 Å². The molecule has 0 aromatic heterocycles. The number of carboxylic acid groups (broad SMARTS) is 1. The van der Waals surface area contributed by atoms with Crippen molar-refractivity contribution in [2.75, 3.05) is 12.9 Å². The molecule has 0 radical (unpaired) electrons. The number of phenols is 1. The van der Waals surface area contributed by atoms with Crippen molar-refractivity contribution >= 4 is 38.9 Å². The summed E-state index contributed by atoms with van der Waals surface area (Å²) < 4.78 is 33.2. The predicted octanol–water partition coefficient (Wildman–Crippen LogP) is 4.87. The minimum Gasteiger partial charge on any atom is -0.507 e. The van der Waals surface area contributed by atoms with E-state index in [9.17, 15) is 27.9 Å². The molecule has 9 nitrogen and oxygen atoms in total. The number of aromatic hydroxyl groups is 1. The summed E-state index contributed by atoms with van der Waals surface area (Å²) in [6.07, 6.45) is 1.17. The molecule has 0 fully saturated rings. The molecule has 0 amide bonds. The Bertz CT molecular complexity index is 1740. The molecule has 0 saturated carbocycles. The van der Waals surface area contributed by atoms with Crippen molar-refractivity contribution in [3.8, 4) is 11.5 Å². The van der Waals surface area contributed by atoms with Crippen LogP contribution in [0, 0.1) is 0 Å². The number of cyclic esters (lactones) is 1. The molecule has 4 aromatic carbocycles. The zero-order valence-corrected chi connectivity index (χ0v) is 22.5. The number of carbonyl (C=O) groups is 3. The van der Waals surface area contributed by atoms with Gasteiger partial charge in [0.15, 0.2) is 9.84 Å². The van der Waals surface area contributed by atoms with Crippen molar-refractivity contribution in [3.63, 3.8) is 0 Å². The fourth-order valence-corrected chi connectivity index (χ4v) is 4.60. The quantitative estimate of drug-likeness (QED) is 0.244. The van der Waals surface area contributed by atoms with Crippen molar-refractivity contribution in [1.29, 1.82) is 0 Å². The molecule has 0 unspecified atom stereocenters. The molecule has 4 aromatic rings. The number of sulfone groups is 1. The Balaban J connectivity index is 0.000000191. The Morgan fingerprint density at radius 3 is 1.98 bits per heavy atom. The lowest BCUT2D eigenvalue weighted by Gasteiger charge is -2.07. The highest BCUT2D eigenvalue weighted by Gasteiger charge is 2.27. The van der Waals surface area contributed by atoms with Gasteiger partial charge in [0.1, 0.15) is 29.2 Å². The standard InChI is InChI=1S/C17H14O4S.C14H10O5/c1-22(19,20)14-9-7-12(8-10-14)15-11-21-17(18)16(15)13-5-3-2-4-6-13;15-11-7-3-1-5-9(11)14(18)19-12-8-4-2-6-10(12)13(16)17/h2-10H,11H2,1H3;1-8,15H,(H,16,17). The van der Waals surface area contributed by atoms with Crippen molar-refractivity contribution in [2.45, 2.75) is 4.90 Å². The molecule has 1 aliphatic rings. The van der Waals surface area contributed by atoms with Gasteiger partial charge in [-0.25, -0.2) is 22.8 Å². The van der Waals surface area contributed by atoms with Crippen LogP contribution >= 0.6 is 0 Å². The third kappa shape index (κ3) is 6.87. The van der Waals surface area contributed by atoms with Crippen LogP contribution in [0.15, 0.2) is 108 Å². The molecule has 2 N–H and O–H groups in total. The summed E-state index contributed by atoms with van der Waals surface area (Å²) in [7, 11) is -3.23. The molecule has 41 heavy (non-hydrogen) atoms. The van der Waals surface area contributed by atoms with Crippen molar-refractivity contribution < 1.29 is 42.5 Å². The molecule has 1 heterocycles. The van der Waals surface area contributed by atoms with E-state index in [4.69, 9.17) is 14.6 Å². The Morgan fingerprint density at radius 2 is 1.37 bits per heavy atom. The average Bonchev–Trinajstić information content (AvgIpc) is 3.35. The number of para-hydroxylation sites is 2. The van der Waals surface area contributed by atoms with Crippen LogP contribution in [-0.2, 0) is 19.4 Å². The van der Waals surface area contributed by atoms with Gasteiger partial charge in [-0.15, -0.1) is 0 Å². The van der Waals surface area contributed by atoms with Crippen molar-refractivity contribution in [2.24, 2.45) is 0 Å². The lowest BCUT2D eigenvalue weighted by molar-refractivity contribution is -0.133. The Hall–Kier alpha value is -5.22. The summed E-state index contributed by atoms with van der Waals surface area (Å²) in [6, 6.07) is 27.5. The number of carboxylic acids is 1. The van der Waals surface area contributed by atoms with E-state index in [0.717, 1.165) is 16.7 Å². The number of benzene rings is 4. The SMILES string of the molecule is CS(=O)(=O)c1ccc(C2=C(c3ccccc3)C(=O)OC2)cc1.O=C(Oc1ccccc1C(=O)O)c1ccccc1O. The molecule has 0 aliphatic carbocycles. The van der Waals surface area contributed by atoms with E-state index in [-0.39, 0.29) is 40.1 Å². The highest BCUT2D eigenvalue weighted by molar-refractivity contribution is 7.90. The maximum Gasteiger partial charge on any atom is 0.347 e. The summed E-state index contributed by atoms with van der Waals surface area (Å²) >= 11 is 0. The average molecular weight is 573 g/mol. The molecule has 0 atom stereocenters. The van der Waals surface area contributed by atoms with Crippen LogP contribution in [0.1, 0.15) is 31.8 Å². The van der Waals surface area contributed by atoms with E-state index in [0.29, 0.717) is 5.57 Å². The molecule has 0 bridgehead atoms. The van der Waals surface area contributed by atoms with Gasteiger partial charge in [0.2, 0.25) is 0 Å². The van der Waals surface area contributed by atoms with E-state index in [2.05, 4.69) is 0 Å². The van der Waals surface area contributed by atoms with Gasteiger partial charge in [0.05, 0.1) is 10.5 Å². The van der Waals surface area contributed by atoms with Gasteiger partial charge in [-0.2, -0.15) is 0 Å². The van der Waals surface area contributed by atoms with Crippen LogP contribution in [0.4, 0.5) is 0 Å². The number of esters is 2. The molecule has 1 aliphatic heterocycles. The zero-order valence-electron chi connectivity index (χ0n) is 21.7. The zero-order chi connectivity index (χ0) is 29.6. The fraction of sp³-hybridized carbons (Fsp3) is 0.0645. The summed E-state index contributed by atoms with van der Waals surface area (Å²) in [5.74, 6) is -2.65. The normalized spacial score (nSPS) is 12.7. The summed E-state index contributed by atoms with van der Waals surface area (Å²) in [5, 5.41) is 18.5. The van der Waals surface area contributed by atoms with Gasteiger partial charge in [0, 0.05) is 11.8 Å². The van der Waals surface area contributed by atoms with E-state index < -0.39 is 21.8 Å². The highest BCUT2D eigenvalue weighted by atomic mass is 32.2.